The summed E-state index contributed by atoms with van der Waals surface area (Å²) in [5, 5.41) is 11.3. The third-order valence-electron chi connectivity index (χ3n) is 11.4. The number of unbranched alkanes of at least 4 members (excludes halogenated alkanes) is 24. The summed E-state index contributed by atoms with van der Waals surface area (Å²) in [4.78, 5) is 27.6. The van der Waals surface area contributed by atoms with Gasteiger partial charge in [0.2, 0.25) is 0 Å². The lowest BCUT2D eigenvalue weighted by molar-refractivity contribution is -0.150. The van der Waals surface area contributed by atoms with Crippen LogP contribution in [0.15, 0.2) is 11.9 Å². The molecular formula is C49H98N4O5. The molecule has 0 bridgehead atoms. The van der Waals surface area contributed by atoms with Crippen LogP contribution in [-0.4, -0.2) is 79.5 Å². The Kier molecular flexibility index (Phi) is 43.3. The molecule has 0 aliphatic rings. The highest BCUT2D eigenvalue weighted by Gasteiger charge is 2.14. The summed E-state index contributed by atoms with van der Waals surface area (Å²) in [6.45, 7) is 11.2. The summed E-state index contributed by atoms with van der Waals surface area (Å²) >= 11 is 0. The molecule has 4 N–H and O–H groups in total. The Balaban J connectivity index is 4.51. The van der Waals surface area contributed by atoms with E-state index in [1.807, 2.05) is 12.1 Å². The predicted octanol–water partition coefficient (Wildman–Crippen LogP) is 12.3. The first kappa shape index (κ1) is 56.2. The van der Waals surface area contributed by atoms with Crippen LogP contribution in [0, 0.1) is 0 Å². The Morgan fingerprint density at radius 2 is 0.966 bits per heavy atom. The molecule has 9 nitrogen and oxygen atoms in total. The molecule has 0 fully saturated rings. The van der Waals surface area contributed by atoms with Gasteiger partial charge >= 0.3 is 11.9 Å². The molecule has 0 amide bonds. The van der Waals surface area contributed by atoms with Gasteiger partial charge in [-0.3, -0.25) is 9.59 Å². The van der Waals surface area contributed by atoms with E-state index in [-0.39, 0.29) is 24.6 Å². The minimum Gasteiger partial charge on any atom is -0.466 e. The van der Waals surface area contributed by atoms with E-state index in [1.165, 1.54) is 122 Å². The number of carbonyl (C=O) groups is 2. The number of hydrogen-bond donors (Lipinski definition) is 3. The van der Waals surface area contributed by atoms with Crippen molar-refractivity contribution in [3.63, 3.8) is 0 Å². The smallest absolute Gasteiger partial charge is 0.306 e. The highest BCUT2D eigenvalue weighted by atomic mass is 16.5. The normalized spacial score (nSPS) is 11.9. The van der Waals surface area contributed by atoms with Gasteiger partial charge in [-0.15, -0.1) is 0 Å². The molecule has 0 heterocycles. The van der Waals surface area contributed by atoms with E-state index < -0.39 is 0 Å². The van der Waals surface area contributed by atoms with E-state index in [0.29, 0.717) is 25.1 Å². The zero-order valence-corrected chi connectivity index (χ0v) is 39.0. The molecule has 0 spiro atoms. The second-order valence-electron chi connectivity index (χ2n) is 17.1. The molecule has 0 aromatic heterocycles. The molecule has 0 atom stereocenters. The van der Waals surface area contributed by atoms with Gasteiger partial charge in [0.05, 0.1) is 18.9 Å². The zero-order chi connectivity index (χ0) is 42.6. The number of nitrogens with two attached hydrogens (primary N) is 1. The Labute approximate surface area is 359 Å². The Morgan fingerprint density at radius 3 is 1.45 bits per heavy atom. The fourth-order valence-electron chi connectivity index (χ4n) is 7.68. The summed E-state index contributed by atoms with van der Waals surface area (Å²) in [6.07, 6.45) is 41.0. The Bertz CT molecular complexity index is 904. The molecule has 9 heteroatoms. The largest absolute Gasteiger partial charge is 0.466 e. The van der Waals surface area contributed by atoms with Crippen LogP contribution < -0.4 is 11.2 Å². The fourth-order valence-corrected chi connectivity index (χ4v) is 7.68. The van der Waals surface area contributed by atoms with E-state index >= 15 is 0 Å². The quantitative estimate of drug-likeness (QED) is 0.0313. The Morgan fingerprint density at radius 1 is 0.552 bits per heavy atom. The van der Waals surface area contributed by atoms with Crippen LogP contribution in [0.4, 0.5) is 0 Å². The van der Waals surface area contributed by atoms with Crippen molar-refractivity contribution >= 4 is 11.9 Å². The van der Waals surface area contributed by atoms with Crippen molar-refractivity contribution in [3.8, 4) is 0 Å². The number of esters is 2. The van der Waals surface area contributed by atoms with Crippen molar-refractivity contribution in [2.45, 2.75) is 245 Å². The number of nitrogens with one attached hydrogen (secondary N) is 1. The van der Waals surface area contributed by atoms with E-state index in [2.05, 4.69) is 31.1 Å². The van der Waals surface area contributed by atoms with Crippen molar-refractivity contribution < 1.29 is 24.2 Å². The number of carbonyl (C=O) groups excluding carboxylic acids is 2. The molecule has 0 saturated heterocycles. The maximum absolute atomic E-state index is 12.8. The first-order chi connectivity index (χ1) is 28.4. The maximum atomic E-state index is 12.8. The van der Waals surface area contributed by atoms with Gasteiger partial charge in [0.25, 0.3) is 0 Å². The number of aliphatic hydroxyl groups excluding tert-OH is 1. The minimum absolute atomic E-state index is 0.0121. The summed E-state index contributed by atoms with van der Waals surface area (Å²) in [6, 6.07) is 0. The van der Waals surface area contributed by atoms with Crippen LogP contribution in [0.3, 0.4) is 0 Å². The molecule has 344 valence electrons. The van der Waals surface area contributed by atoms with Gasteiger partial charge in [0, 0.05) is 32.6 Å². The molecule has 0 saturated carbocycles. The standard InChI is InChI=1S/C49H98N4O5/c1-5-8-11-14-17-26-33-43-57-48(55)37-29-22-18-24-31-39-52(41-34-42-53(51-4)44-46(50)45-54)40-32-25-19-23-30-38-49(56)58-47(35-27-20-15-12-9-6-2)36-28-21-16-13-10-7-3/h44,47,51,54H,5-43,45,50H2,1-4H3/b46-44-. The number of rotatable bonds is 46. The fraction of sp³-hybridized carbons (Fsp3) is 0.918. The van der Waals surface area contributed by atoms with Crippen LogP contribution in [0.2, 0.25) is 0 Å². The number of aliphatic hydroxyl groups is 1. The van der Waals surface area contributed by atoms with Crippen molar-refractivity contribution in [3.05, 3.63) is 11.9 Å². The molecule has 0 aliphatic carbocycles. The van der Waals surface area contributed by atoms with Crippen molar-refractivity contribution in [2.24, 2.45) is 5.73 Å². The molecule has 0 rings (SSSR count). The summed E-state index contributed by atoms with van der Waals surface area (Å²) in [5.74, 6) is -0.0207. The molecule has 0 aliphatic heterocycles. The van der Waals surface area contributed by atoms with Crippen molar-refractivity contribution in [1.82, 2.24) is 15.3 Å². The second kappa shape index (κ2) is 44.7. The average molecular weight is 823 g/mol. The third kappa shape index (κ3) is 39.6. The first-order valence-corrected chi connectivity index (χ1v) is 25.0. The maximum Gasteiger partial charge on any atom is 0.306 e. The molecular weight excluding hydrogens is 725 g/mol. The van der Waals surface area contributed by atoms with Crippen LogP contribution in [0.25, 0.3) is 0 Å². The van der Waals surface area contributed by atoms with Crippen LogP contribution >= 0.6 is 0 Å². The van der Waals surface area contributed by atoms with Crippen molar-refractivity contribution in [1.29, 1.82) is 0 Å². The van der Waals surface area contributed by atoms with Crippen molar-refractivity contribution in [2.75, 3.05) is 46.4 Å². The summed E-state index contributed by atoms with van der Waals surface area (Å²) in [7, 11) is 1.88. The topological polar surface area (TPSA) is 117 Å². The molecule has 0 aromatic rings. The summed E-state index contributed by atoms with van der Waals surface area (Å²) < 4.78 is 11.5. The molecule has 0 aromatic carbocycles. The van der Waals surface area contributed by atoms with E-state index in [4.69, 9.17) is 15.2 Å². The highest BCUT2D eigenvalue weighted by molar-refractivity contribution is 5.69. The lowest BCUT2D eigenvalue weighted by Gasteiger charge is -2.25. The second-order valence-corrected chi connectivity index (χ2v) is 17.1. The number of hydrogen-bond acceptors (Lipinski definition) is 9. The third-order valence-corrected chi connectivity index (χ3v) is 11.4. The van der Waals surface area contributed by atoms with Crippen LogP contribution in [0.1, 0.15) is 239 Å². The highest BCUT2D eigenvalue weighted by Crippen LogP contribution is 2.19. The Hall–Kier alpha value is -1.84. The van der Waals surface area contributed by atoms with Gasteiger partial charge in [0.15, 0.2) is 0 Å². The lowest BCUT2D eigenvalue weighted by Crippen LogP contribution is -2.35. The minimum atomic E-state index is -0.148. The number of nitrogens with zero attached hydrogens (tertiary/aromatic N) is 2. The van der Waals surface area contributed by atoms with Gasteiger partial charge in [-0.1, -0.05) is 162 Å². The van der Waals surface area contributed by atoms with Gasteiger partial charge < -0.3 is 30.2 Å². The van der Waals surface area contributed by atoms with Gasteiger partial charge in [-0.2, -0.15) is 0 Å². The monoisotopic (exact) mass is 823 g/mol. The molecule has 0 unspecified atom stereocenters. The number of hydrazine groups is 1. The van der Waals surface area contributed by atoms with Crippen LogP contribution in [-0.2, 0) is 19.1 Å². The van der Waals surface area contributed by atoms with E-state index in [1.54, 1.807) is 6.20 Å². The molecule has 58 heavy (non-hydrogen) atoms. The predicted molar refractivity (Wildman–Crippen MR) is 246 cm³/mol. The lowest BCUT2D eigenvalue weighted by atomic mass is 10.0. The zero-order valence-electron chi connectivity index (χ0n) is 39.0. The van der Waals surface area contributed by atoms with Crippen LogP contribution in [0.5, 0.6) is 0 Å². The molecule has 0 radical (unpaired) electrons. The SMILES string of the molecule is CCCCCCCCCOC(=O)CCCCCCCN(CCCCCCCC(=O)OC(CCCCCCCC)CCCCCCCC)CCCN(/C=C(\N)CO)NC. The number of ether oxygens (including phenoxy) is 2. The van der Waals surface area contributed by atoms with Gasteiger partial charge in [-0.05, 0) is 83.8 Å². The van der Waals surface area contributed by atoms with E-state index in [0.717, 1.165) is 110 Å². The average Bonchev–Trinajstić information content (AvgIpc) is 3.22. The van der Waals surface area contributed by atoms with Gasteiger partial charge in [0.1, 0.15) is 6.10 Å². The summed E-state index contributed by atoms with van der Waals surface area (Å²) in [5.41, 5.74) is 9.45. The van der Waals surface area contributed by atoms with Gasteiger partial charge in [-0.25, -0.2) is 5.43 Å². The first-order valence-electron chi connectivity index (χ1n) is 25.0. The van der Waals surface area contributed by atoms with E-state index in [9.17, 15) is 14.7 Å².